The van der Waals surface area contributed by atoms with Gasteiger partial charge in [0.2, 0.25) is 0 Å². The van der Waals surface area contributed by atoms with E-state index < -0.39 is 12.1 Å². The predicted octanol–water partition coefficient (Wildman–Crippen LogP) is 11.1. The van der Waals surface area contributed by atoms with Gasteiger partial charge in [-0.1, -0.05) is 103 Å². The molecule has 7 aromatic rings. The number of ether oxygens (including phenoxy) is 3. The molecule has 46 heavy (non-hydrogen) atoms. The van der Waals surface area contributed by atoms with E-state index >= 15 is 0 Å². The van der Waals surface area contributed by atoms with Crippen molar-refractivity contribution in [1.82, 2.24) is 0 Å². The van der Waals surface area contributed by atoms with Crippen molar-refractivity contribution >= 4 is 80.1 Å². The molecule has 7 rings (SSSR count). The molecule has 6 aromatic carbocycles. The number of halogens is 2. The van der Waals surface area contributed by atoms with Gasteiger partial charge in [0.15, 0.2) is 6.10 Å². The molecule has 0 aliphatic carbocycles. The Kier molecular flexibility index (Phi) is 8.80. The number of rotatable bonds is 9. The number of esters is 1. The van der Waals surface area contributed by atoms with Gasteiger partial charge < -0.3 is 14.2 Å². The third kappa shape index (κ3) is 5.91. The standard InChI is InChI=1S/C39H28Br2O4S/c1-43-39(42)32(20-24-12-4-2-5-13-24)45-37-30(40)21-26(22-31(37)41)34-27-16-8-9-17-28(27)36(44-23-25-14-6-3-7-15-25)38-35(34)29-18-10-11-19-33(29)46-38/h2-19,21-22,32H,20,23H2,1H3. The molecule has 0 aliphatic rings. The fourth-order valence-corrected chi connectivity index (χ4v) is 8.47. The highest BCUT2D eigenvalue weighted by Crippen LogP contribution is 2.51. The van der Waals surface area contributed by atoms with E-state index in [1.54, 1.807) is 11.3 Å². The average molecular weight is 753 g/mol. The lowest BCUT2D eigenvalue weighted by Crippen LogP contribution is -2.31. The number of carbonyl (C=O) groups is 1. The normalized spacial score (nSPS) is 12.0. The SMILES string of the molecule is COC(=O)C(Cc1ccccc1)Oc1c(Br)cc(-c2c3ccccc3c(OCc3ccccc3)c3sc4ccccc4c23)cc1Br. The van der Waals surface area contributed by atoms with Crippen LogP contribution in [0.3, 0.4) is 0 Å². The topological polar surface area (TPSA) is 44.8 Å². The summed E-state index contributed by atoms with van der Waals surface area (Å²) in [6, 6.07) is 41.1. The first kappa shape index (κ1) is 30.5. The van der Waals surface area contributed by atoms with Crippen LogP contribution in [-0.4, -0.2) is 19.2 Å². The van der Waals surface area contributed by atoms with E-state index in [0.717, 1.165) is 57.8 Å². The number of benzene rings is 6. The van der Waals surface area contributed by atoms with Crippen LogP contribution in [0, 0.1) is 0 Å². The molecule has 0 fully saturated rings. The van der Waals surface area contributed by atoms with E-state index in [2.05, 4.69) is 105 Å². The van der Waals surface area contributed by atoms with Crippen molar-refractivity contribution in [3.05, 3.63) is 141 Å². The predicted molar refractivity (Wildman–Crippen MR) is 195 cm³/mol. The zero-order valence-corrected chi connectivity index (χ0v) is 28.8. The molecule has 0 radical (unpaired) electrons. The Labute approximate surface area is 287 Å². The Hall–Kier alpha value is -4.17. The monoisotopic (exact) mass is 750 g/mol. The minimum absolute atomic E-state index is 0.380. The van der Waals surface area contributed by atoms with Gasteiger partial charge in [0.25, 0.3) is 0 Å². The van der Waals surface area contributed by atoms with E-state index in [1.165, 1.54) is 17.2 Å². The van der Waals surface area contributed by atoms with Gasteiger partial charge in [-0.2, -0.15) is 0 Å². The quantitative estimate of drug-likeness (QED) is 0.138. The van der Waals surface area contributed by atoms with Gasteiger partial charge in [0, 0.05) is 27.3 Å². The number of fused-ring (bicyclic) bond motifs is 4. The van der Waals surface area contributed by atoms with Crippen LogP contribution in [0.5, 0.6) is 11.5 Å². The van der Waals surface area contributed by atoms with Crippen LogP contribution in [0.15, 0.2) is 130 Å². The smallest absolute Gasteiger partial charge is 0.347 e. The van der Waals surface area contributed by atoms with Gasteiger partial charge >= 0.3 is 5.97 Å². The third-order valence-electron chi connectivity index (χ3n) is 7.99. The Balaban J connectivity index is 1.37. The Morgan fingerprint density at radius 3 is 1.98 bits per heavy atom. The molecule has 1 atom stereocenters. The summed E-state index contributed by atoms with van der Waals surface area (Å²) in [5.74, 6) is 0.989. The summed E-state index contributed by atoms with van der Waals surface area (Å²) < 4.78 is 21.9. The van der Waals surface area contributed by atoms with E-state index in [9.17, 15) is 4.79 Å². The molecule has 1 heterocycles. The van der Waals surface area contributed by atoms with E-state index in [0.29, 0.717) is 18.8 Å². The van der Waals surface area contributed by atoms with Crippen molar-refractivity contribution in [2.75, 3.05) is 7.11 Å². The first-order valence-corrected chi connectivity index (χ1v) is 17.2. The summed E-state index contributed by atoms with van der Waals surface area (Å²) in [5, 5.41) is 4.46. The van der Waals surface area contributed by atoms with Crippen molar-refractivity contribution in [2.24, 2.45) is 0 Å². The van der Waals surface area contributed by atoms with E-state index in [4.69, 9.17) is 14.2 Å². The highest BCUT2D eigenvalue weighted by atomic mass is 79.9. The van der Waals surface area contributed by atoms with Crippen molar-refractivity contribution in [1.29, 1.82) is 0 Å². The van der Waals surface area contributed by atoms with Gasteiger partial charge in [-0.15, -0.1) is 11.3 Å². The number of carbonyl (C=O) groups excluding carboxylic acids is 1. The van der Waals surface area contributed by atoms with Crippen molar-refractivity contribution in [3.63, 3.8) is 0 Å². The number of thiophene rings is 1. The molecule has 1 unspecified atom stereocenters. The van der Waals surface area contributed by atoms with Gasteiger partial charge in [0.1, 0.15) is 18.1 Å². The lowest BCUT2D eigenvalue weighted by molar-refractivity contribution is -0.148. The van der Waals surface area contributed by atoms with E-state index in [-0.39, 0.29) is 0 Å². The van der Waals surface area contributed by atoms with Crippen LogP contribution in [0.4, 0.5) is 0 Å². The second-order valence-electron chi connectivity index (χ2n) is 10.9. The molecule has 0 saturated carbocycles. The second-order valence-corrected chi connectivity index (χ2v) is 13.7. The highest BCUT2D eigenvalue weighted by Gasteiger charge is 2.26. The molecule has 228 valence electrons. The Morgan fingerprint density at radius 2 is 1.30 bits per heavy atom. The van der Waals surface area contributed by atoms with Crippen molar-refractivity contribution in [3.8, 4) is 22.6 Å². The third-order valence-corrected chi connectivity index (χ3v) is 10.3. The fourth-order valence-electron chi connectivity index (χ4n) is 5.87. The molecule has 0 saturated heterocycles. The molecule has 0 spiro atoms. The molecule has 7 heteroatoms. The summed E-state index contributed by atoms with van der Waals surface area (Å²) >= 11 is 9.32. The maximum atomic E-state index is 12.8. The van der Waals surface area contributed by atoms with Crippen LogP contribution in [0.1, 0.15) is 11.1 Å². The lowest BCUT2D eigenvalue weighted by Gasteiger charge is -2.21. The Bertz CT molecular complexity index is 2170. The zero-order chi connectivity index (χ0) is 31.6. The van der Waals surface area contributed by atoms with Gasteiger partial charge in [-0.3, -0.25) is 0 Å². The lowest BCUT2D eigenvalue weighted by atomic mass is 9.92. The van der Waals surface area contributed by atoms with Crippen LogP contribution >= 0.6 is 43.2 Å². The van der Waals surface area contributed by atoms with Crippen LogP contribution in [0.2, 0.25) is 0 Å². The van der Waals surface area contributed by atoms with Gasteiger partial charge in [-0.05, 0) is 77.7 Å². The first-order chi connectivity index (χ1) is 22.5. The van der Waals surface area contributed by atoms with Crippen LogP contribution < -0.4 is 9.47 Å². The largest absolute Gasteiger partial charge is 0.487 e. The minimum atomic E-state index is -0.819. The molecule has 0 bridgehead atoms. The maximum Gasteiger partial charge on any atom is 0.347 e. The average Bonchev–Trinajstić information content (AvgIpc) is 3.47. The fraction of sp³-hybridized carbons (Fsp3) is 0.103. The highest BCUT2D eigenvalue weighted by molar-refractivity contribution is 9.11. The number of methoxy groups -OCH3 is 1. The van der Waals surface area contributed by atoms with Crippen molar-refractivity contribution in [2.45, 2.75) is 19.1 Å². The number of hydrogen-bond acceptors (Lipinski definition) is 5. The first-order valence-electron chi connectivity index (χ1n) is 14.8. The summed E-state index contributed by atoms with van der Waals surface area (Å²) in [4.78, 5) is 12.8. The van der Waals surface area contributed by atoms with Gasteiger partial charge in [0.05, 0.1) is 20.8 Å². The molecular formula is C39H28Br2O4S. The summed E-state index contributed by atoms with van der Waals surface area (Å²) in [6.07, 6.45) is -0.440. The van der Waals surface area contributed by atoms with E-state index in [1.807, 2.05) is 48.5 Å². The molecular weight excluding hydrogens is 724 g/mol. The minimum Gasteiger partial charge on any atom is -0.487 e. The summed E-state index contributed by atoms with van der Waals surface area (Å²) in [5.41, 5.74) is 4.21. The second kappa shape index (κ2) is 13.3. The zero-order valence-electron chi connectivity index (χ0n) is 24.8. The Morgan fingerprint density at radius 1 is 0.717 bits per heavy atom. The van der Waals surface area contributed by atoms with Crippen LogP contribution in [0.25, 0.3) is 42.1 Å². The molecule has 0 aliphatic heterocycles. The van der Waals surface area contributed by atoms with Gasteiger partial charge in [-0.25, -0.2) is 4.79 Å². The molecule has 0 amide bonds. The van der Waals surface area contributed by atoms with Crippen molar-refractivity contribution < 1.29 is 19.0 Å². The number of hydrogen-bond donors (Lipinski definition) is 0. The molecule has 0 N–H and O–H groups in total. The van der Waals surface area contributed by atoms with Crippen LogP contribution in [-0.2, 0) is 22.6 Å². The molecule has 4 nitrogen and oxygen atoms in total. The summed E-state index contributed by atoms with van der Waals surface area (Å²) in [6.45, 7) is 0.473. The summed E-state index contributed by atoms with van der Waals surface area (Å²) in [7, 11) is 1.38. The maximum absolute atomic E-state index is 12.8. The molecule has 1 aromatic heterocycles.